The quantitative estimate of drug-likeness (QED) is 0.886. The first kappa shape index (κ1) is 15.2. The highest BCUT2D eigenvalue weighted by atomic mass is 16.5. The minimum absolute atomic E-state index is 0.0907. The highest BCUT2D eigenvalue weighted by molar-refractivity contribution is 6.04. The summed E-state index contributed by atoms with van der Waals surface area (Å²) >= 11 is 0. The van der Waals surface area contributed by atoms with E-state index < -0.39 is 11.6 Å². The fraction of sp³-hybridized carbons (Fsp3) is 0.429. The topological polar surface area (TPSA) is 66.8 Å². The monoisotopic (exact) mass is 265 g/mol. The molecule has 5 nitrogen and oxygen atoms in total. The molecule has 1 amide bonds. The Balaban J connectivity index is 3.17. The molecule has 104 valence electrons. The number of rotatable bonds is 5. The number of anilines is 1. The molecule has 1 aromatic carbocycles. The maximum atomic E-state index is 12.4. The lowest BCUT2D eigenvalue weighted by Gasteiger charge is -2.31. The van der Waals surface area contributed by atoms with E-state index >= 15 is 0 Å². The van der Waals surface area contributed by atoms with Gasteiger partial charge in [-0.15, -0.1) is 0 Å². The highest BCUT2D eigenvalue weighted by Gasteiger charge is 2.35. The molecule has 0 fully saturated rings. The van der Waals surface area contributed by atoms with Gasteiger partial charge < -0.3 is 14.7 Å². The van der Waals surface area contributed by atoms with Gasteiger partial charge in [0.25, 0.3) is 5.91 Å². The van der Waals surface area contributed by atoms with Crippen LogP contribution in [0.1, 0.15) is 30.6 Å². The number of likely N-dealkylation sites (N-methyl/N-ethyl adjacent to an activating group) is 1. The standard InChI is InChI=1S/C14H19NO4/c1-5-14(2,19-4)13(18)15(3)11-9-7-6-8-10(11)12(16)17/h6-9H,5H2,1-4H3,(H,16,17). The fourth-order valence-corrected chi connectivity index (χ4v) is 1.79. The van der Waals surface area contributed by atoms with Crippen molar-refractivity contribution < 1.29 is 19.4 Å². The summed E-state index contributed by atoms with van der Waals surface area (Å²) < 4.78 is 5.25. The smallest absolute Gasteiger partial charge is 0.337 e. The lowest BCUT2D eigenvalue weighted by molar-refractivity contribution is -0.138. The van der Waals surface area contributed by atoms with E-state index in [1.807, 2.05) is 6.92 Å². The summed E-state index contributed by atoms with van der Waals surface area (Å²) in [5.74, 6) is -1.34. The van der Waals surface area contributed by atoms with Gasteiger partial charge in [0.1, 0.15) is 5.60 Å². The van der Waals surface area contributed by atoms with Crippen LogP contribution in [0.2, 0.25) is 0 Å². The zero-order valence-electron chi connectivity index (χ0n) is 11.6. The molecule has 1 N–H and O–H groups in total. The minimum atomic E-state index is -1.06. The third kappa shape index (κ3) is 2.93. The minimum Gasteiger partial charge on any atom is -0.478 e. The molecule has 0 saturated heterocycles. The SMILES string of the molecule is CCC(C)(OC)C(=O)N(C)c1ccccc1C(=O)O. The molecule has 1 unspecified atom stereocenters. The van der Waals surface area contributed by atoms with Gasteiger partial charge in [0.15, 0.2) is 0 Å². The van der Waals surface area contributed by atoms with Gasteiger partial charge in [0.05, 0.1) is 11.3 Å². The number of nitrogens with zero attached hydrogens (tertiary/aromatic N) is 1. The number of hydrogen-bond donors (Lipinski definition) is 1. The third-order valence-corrected chi connectivity index (χ3v) is 3.38. The molecular formula is C14H19NO4. The van der Waals surface area contributed by atoms with Gasteiger partial charge in [-0.25, -0.2) is 4.79 Å². The number of methoxy groups -OCH3 is 1. The van der Waals surface area contributed by atoms with E-state index in [2.05, 4.69) is 0 Å². The molecule has 0 saturated carbocycles. The fourth-order valence-electron chi connectivity index (χ4n) is 1.79. The van der Waals surface area contributed by atoms with Crippen molar-refractivity contribution in [3.8, 4) is 0 Å². The van der Waals surface area contributed by atoms with Crippen molar-refractivity contribution in [2.75, 3.05) is 19.1 Å². The van der Waals surface area contributed by atoms with Crippen LogP contribution in [-0.4, -0.2) is 36.7 Å². The van der Waals surface area contributed by atoms with Crippen molar-refractivity contribution in [1.29, 1.82) is 0 Å². The Labute approximate surface area is 112 Å². The molecule has 0 aliphatic rings. The zero-order chi connectivity index (χ0) is 14.6. The molecule has 0 radical (unpaired) electrons. The predicted molar refractivity (Wildman–Crippen MR) is 72.5 cm³/mol. The number of hydrogen-bond acceptors (Lipinski definition) is 3. The van der Waals surface area contributed by atoms with Gasteiger partial charge in [-0.3, -0.25) is 4.79 Å². The molecule has 0 aliphatic heterocycles. The lowest BCUT2D eigenvalue weighted by atomic mass is 10.0. The van der Waals surface area contributed by atoms with Crippen LogP contribution in [0.3, 0.4) is 0 Å². The molecule has 1 aromatic rings. The first-order chi connectivity index (χ1) is 8.87. The first-order valence-electron chi connectivity index (χ1n) is 6.03. The summed E-state index contributed by atoms with van der Waals surface area (Å²) in [5, 5.41) is 9.14. The maximum absolute atomic E-state index is 12.4. The van der Waals surface area contributed by atoms with Crippen LogP contribution < -0.4 is 4.90 Å². The van der Waals surface area contributed by atoms with Crippen molar-refractivity contribution in [2.45, 2.75) is 25.9 Å². The Morgan fingerprint density at radius 2 is 1.95 bits per heavy atom. The largest absolute Gasteiger partial charge is 0.478 e. The Kier molecular flexibility index (Phi) is 4.67. The van der Waals surface area contributed by atoms with E-state index in [-0.39, 0.29) is 11.5 Å². The number of ether oxygens (including phenoxy) is 1. The molecule has 1 atom stereocenters. The average Bonchev–Trinajstić information content (AvgIpc) is 2.44. The van der Waals surface area contributed by atoms with E-state index in [0.717, 1.165) is 0 Å². The first-order valence-corrected chi connectivity index (χ1v) is 6.03. The summed E-state index contributed by atoms with van der Waals surface area (Å²) in [6.45, 7) is 3.54. The van der Waals surface area contributed by atoms with Crippen molar-refractivity contribution >= 4 is 17.6 Å². The molecule has 19 heavy (non-hydrogen) atoms. The van der Waals surface area contributed by atoms with E-state index in [0.29, 0.717) is 12.1 Å². The van der Waals surface area contributed by atoms with E-state index in [9.17, 15) is 9.59 Å². The average molecular weight is 265 g/mol. The summed E-state index contributed by atoms with van der Waals surface area (Å²) in [5.41, 5.74) is -0.509. The van der Waals surface area contributed by atoms with Crippen LogP contribution in [0, 0.1) is 0 Å². The highest BCUT2D eigenvalue weighted by Crippen LogP contribution is 2.24. The van der Waals surface area contributed by atoms with Crippen LogP contribution in [0.5, 0.6) is 0 Å². The number of carboxylic acids is 1. The van der Waals surface area contributed by atoms with Crippen molar-refractivity contribution in [3.05, 3.63) is 29.8 Å². The number of carbonyl (C=O) groups is 2. The van der Waals surface area contributed by atoms with E-state index in [1.165, 1.54) is 18.1 Å². The summed E-state index contributed by atoms with van der Waals surface area (Å²) in [7, 11) is 3.02. The third-order valence-electron chi connectivity index (χ3n) is 3.38. The zero-order valence-corrected chi connectivity index (χ0v) is 11.6. The summed E-state index contributed by atoms with van der Waals surface area (Å²) in [6.07, 6.45) is 0.502. The molecule has 0 aliphatic carbocycles. The lowest BCUT2D eigenvalue weighted by Crippen LogP contribution is -2.47. The Hall–Kier alpha value is -1.88. The van der Waals surface area contributed by atoms with Gasteiger partial charge in [0.2, 0.25) is 0 Å². The second-order valence-electron chi connectivity index (χ2n) is 4.48. The number of benzene rings is 1. The van der Waals surface area contributed by atoms with E-state index in [1.54, 1.807) is 32.2 Å². The molecule has 0 heterocycles. The Morgan fingerprint density at radius 3 is 2.42 bits per heavy atom. The number of aromatic carboxylic acids is 1. The van der Waals surface area contributed by atoms with Crippen LogP contribution in [-0.2, 0) is 9.53 Å². The number of carbonyl (C=O) groups excluding carboxylic acids is 1. The predicted octanol–water partition coefficient (Wildman–Crippen LogP) is 2.16. The Bertz CT molecular complexity index is 480. The Morgan fingerprint density at radius 1 is 1.37 bits per heavy atom. The summed E-state index contributed by atoms with van der Waals surface area (Å²) in [4.78, 5) is 24.9. The van der Waals surface area contributed by atoms with Crippen LogP contribution in [0.4, 0.5) is 5.69 Å². The molecule has 0 spiro atoms. The summed E-state index contributed by atoms with van der Waals surface area (Å²) in [6, 6.07) is 6.40. The van der Waals surface area contributed by atoms with Crippen LogP contribution in [0.25, 0.3) is 0 Å². The maximum Gasteiger partial charge on any atom is 0.337 e. The normalized spacial score (nSPS) is 13.7. The van der Waals surface area contributed by atoms with Gasteiger partial charge >= 0.3 is 5.97 Å². The molecule has 1 rings (SSSR count). The van der Waals surface area contributed by atoms with Gasteiger partial charge in [-0.1, -0.05) is 19.1 Å². The van der Waals surface area contributed by atoms with E-state index in [4.69, 9.17) is 9.84 Å². The molecular weight excluding hydrogens is 246 g/mol. The number of amides is 1. The van der Waals surface area contributed by atoms with Crippen molar-refractivity contribution in [2.24, 2.45) is 0 Å². The van der Waals surface area contributed by atoms with Crippen LogP contribution in [0.15, 0.2) is 24.3 Å². The number of para-hydroxylation sites is 1. The molecule has 0 bridgehead atoms. The van der Waals surface area contributed by atoms with Crippen molar-refractivity contribution in [1.82, 2.24) is 0 Å². The number of carboxylic acid groups (broad SMARTS) is 1. The van der Waals surface area contributed by atoms with Gasteiger partial charge in [-0.05, 0) is 25.5 Å². The van der Waals surface area contributed by atoms with Crippen LogP contribution >= 0.6 is 0 Å². The second-order valence-corrected chi connectivity index (χ2v) is 4.48. The second kappa shape index (κ2) is 5.84. The van der Waals surface area contributed by atoms with Crippen molar-refractivity contribution in [3.63, 3.8) is 0 Å². The van der Waals surface area contributed by atoms with Gasteiger partial charge in [0, 0.05) is 14.2 Å². The van der Waals surface area contributed by atoms with Gasteiger partial charge in [-0.2, -0.15) is 0 Å². The molecule has 0 aromatic heterocycles. The molecule has 5 heteroatoms.